The zero-order valence-corrected chi connectivity index (χ0v) is 33.5. The molecule has 0 atom stereocenters. The van der Waals surface area contributed by atoms with E-state index in [1.807, 2.05) is 11.3 Å². The van der Waals surface area contributed by atoms with Gasteiger partial charge in [-0.15, -0.1) is 11.3 Å². The highest BCUT2D eigenvalue weighted by molar-refractivity contribution is 7.26. The Morgan fingerprint density at radius 1 is 0.267 bits per heavy atom. The van der Waals surface area contributed by atoms with Crippen LogP contribution >= 0.6 is 11.3 Å². The van der Waals surface area contributed by atoms with E-state index in [9.17, 15) is 0 Å². The molecule has 0 saturated carbocycles. The average molecular weight is 780 g/mol. The van der Waals surface area contributed by atoms with Crippen LogP contribution in [-0.2, 0) is 0 Å². The van der Waals surface area contributed by atoms with Gasteiger partial charge in [0.1, 0.15) is 0 Å². The minimum Gasteiger partial charge on any atom is -0.311 e. The van der Waals surface area contributed by atoms with Crippen molar-refractivity contribution in [3.8, 4) is 33.4 Å². The summed E-state index contributed by atoms with van der Waals surface area (Å²) < 4.78 is 2.65. The maximum atomic E-state index is 2.37. The van der Waals surface area contributed by atoms with Crippen LogP contribution in [0.3, 0.4) is 0 Å². The van der Waals surface area contributed by atoms with Crippen molar-refractivity contribution in [3.05, 3.63) is 224 Å². The SMILES string of the molecule is c1ccc2c(c1)ccc1cc(-c3ccc(N(c4ccc(-c5ccc6c(ccc7ccccc76)c5)cc4)c4ccc(-c5cccc6c5sc5ccccc56)cc4)cc3)ccc12. The first-order valence-corrected chi connectivity index (χ1v) is 21.4. The number of hydrogen-bond acceptors (Lipinski definition) is 2. The van der Waals surface area contributed by atoms with Gasteiger partial charge in [0.15, 0.2) is 0 Å². The van der Waals surface area contributed by atoms with Gasteiger partial charge < -0.3 is 4.90 Å². The molecule has 12 aromatic rings. The maximum absolute atomic E-state index is 2.37. The summed E-state index contributed by atoms with van der Waals surface area (Å²) in [7, 11) is 0. The molecule has 0 aliphatic heterocycles. The quantitative estimate of drug-likeness (QED) is 0.152. The largest absolute Gasteiger partial charge is 0.311 e. The molecule has 12 rings (SSSR count). The van der Waals surface area contributed by atoms with Crippen LogP contribution in [0, 0.1) is 0 Å². The van der Waals surface area contributed by atoms with Crippen molar-refractivity contribution in [1.29, 1.82) is 0 Å². The molecule has 0 radical (unpaired) electrons. The number of thiophene rings is 1. The monoisotopic (exact) mass is 779 g/mol. The Hall–Kier alpha value is -7.52. The number of fused-ring (bicyclic) bond motifs is 9. The van der Waals surface area contributed by atoms with Crippen molar-refractivity contribution < 1.29 is 0 Å². The molecule has 1 heterocycles. The van der Waals surface area contributed by atoms with Crippen molar-refractivity contribution in [2.45, 2.75) is 0 Å². The third kappa shape index (κ3) is 5.84. The minimum atomic E-state index is 1.11. The first-order valence-electron chi connectivity index (χ1n) is 20.6. The molecule has 280 valence electrons. The summed E-state index contributed by atoms with van der Waals surface area (Å²) >= 11 is 1.88. The molecule has 0 unspecified atom stereocenters. The summed E-state index contributed by atoms with van der Waals surface area (Å²) in [4.78, 5) is 2.37. The highest BCUT2D eigenvalue weighted by atomic mass is 32.1. The van der Waals surface area contributed by atoms with Crippen molar-refractivity contribution >= 4 is 91.7 Å². The Labute approximate surface area is 352 Å². The molecule has 0 aliphatic rings. The van der Waals surface area contributed by atoms with Crippen LogP contribution < -0.4 is 4.90 Å². The lowest BCUT2D eigenvalue weighted by molar-refractivity contribution is 1.28. The summed E-state index contributed by atoms with van der Waals surface area (Å²) in [6.45, 7) is 0. The molecule has 0 saturated heterocycles. The summed E-state index contributed by atoms with van der Waals surface area (Å²) in [6.07, 6.45) is 0. The predicted octanol–water partition coefficient (Wildman–Crippen LogP) is 17.1. The molecular weight excluding hydrogens is 743 g/mol. The van der Waals surface area contributed by atoms with Crippen LogP contribution in [0.2, 0.25) is 0 Å². The predicted molar refractivity (Wildman–Crippen MR) is 260 cm³/mol. The van der Waals surface area contributed by atoms with Gasteiger partial charge in [-0.2, -0.15) is 0 Å². The van der Waals surface area contributed by atoms with Crippen LogP contribution in [-0.4, -0.2) is 0 Å². The van der Waals surface area contributed by atoms with Crippen LogP contribution in [0.4, 0.5) is 17.1 Å². The lowest BCUT2D eigenvalue weighted by Gasteiger charge is -2.26. The van der Waals surface area contributed by atoms with Gasteiger partial charge in [0.2, 0.25) is 0 Å². The lowest BCUT2D eigenvalue weighted by atomic mass is 9.97. The normalized spacial score (nSPS) is 11.7. The summed E-state index contributed by atoms with van der Waals surface area (Å²) in [5.74, 6) is 0. The molecule has 60 heavy (non-hydrogen) atoms. The Morgan fingerprint density at radius 2 is 0.683 bits per heavy atom. The van der Waals surface area contributed by atoms with Gasteiger partial charge in [-0.1, -0.05) is 170 Å². The van der Waals surface area contributed by atoms with Crippen molar-refractivity contribution in [1.82, 2.24) is 0 Å². The second-order valence-corrected chi connectivity index (χ2v) is 16.8. The van der Waals surface area contributed by atoms with Crippen LogP contribution in [0.25, 0.3) is 96.6 Å². The highest BCUT2D eigenvalue weighted by Gasteiger charge is 2.16. The van der Waals surface area contributed by atoms with Gasteiger partial charge in [-0.3, -0.25) is 0 Å². The van der Waals surface area contributed by atoms with Crippen LogP contribution in [0.1, 0.15) is 0 Å². The van der Waals surface area contributed by atoms with E-state index < -0.39 is 0 Å². The molecule has 2 heteroatoms. The smallest absolute Gasteiger partial charge is 0.0462 e. The maximum Gasteiger partial charge on any atom is 0.0462 e. The van der Waals surface area contributed by atoms with Crippen molar-refractivity contribution in [2.24, 2.45) is 0 Å². The number of benzene rings is 11. The van der Waals surface area contributed by atoms with E-state index >= 15 is 0 Å². The van der Waals surface area contributed by atoms with Gasteiger partial charge in [-0.25, -0.2) is 0 Å². The first-order chi connectivity index (χ1) is 29.7. The third-order valence-corrected chi connectivity index (χ3v) is 13.5. The van der Waals surface area contributed by atoms with E-state index in [-0.39, 0.29) is 0 Å². The van der Waals surface area contributed by atoms with E-state index in [0.29, 0.717) is 0 Å². The fourth-order valence-electron chi connectivity index (χ4n) is 9.20. The highest BCUT2D eigenvalue weighted by Crippen LogP contribution is 2.42. The number of anilines is 3. The molecule has 0 fully saturated rings. The molecule has 0 amide bonds. The Bertz CT molecular complexity index is 3420. The Balaban J connectivity index is 0.923. The zero-order valence-electron chi connectivity index (χ0n) is 32.7. The zero-order chi connectivity index (χ0) is 39.6. The summed E-state index contributed by atoms with van der Waals surface area (Å²) in [5, 5.41) is 12.8. The van der Waals surface area contributed by atoms with E-state index in [1.165, 1.54) is 96.6 Å². The number of nitrogens with zero attached hydrogens (tertiary/aromatic N) is 1. The van der Waals surface area contributed by atoms with Gasteiger partial charge >= 0.3 is 0 Å². The Morgan fingerprint density at radius 3 is 1.23 bits per heavy atom. The average Bonchev–Trinajstić information content (AvgIpc) is 3.71. The van der Waals surface area contributed by atoms with Crippen LogP contribution in [0.5, 0.6) is 0 Å². The summed E-state index contributed by atoms with van der Waals surface area (Å²) in [5.41, 5.74) is 10.6. The van der Waals surface area contributed by atoms with Gasteiger partial charge in [-0.05, 0) is 131 Å². The number of hydrogen-bond donors (Lipinski definition) is 0. The van der Waals surface area contributed by atoms with E-state index in [4.69, 9.17) is 0 Å². The lowest BCUT2D eigenvalue weighted by Crippen LogP contribution is -2.09. The molecule has 0 bridgehead atoms. The molecule has 0 spiro atoms. The Kier molecular flexibility index (Phi) is 8.11. The molecule has 0 aliphatic carbocycles. The van der Waals surface area contributed by atoms with E-state index in [0.717, 1.165) is 17.1 Å². The molecule has 0 N–H and O–H groups in total. The topological polar surface area (TPSA) is 3.24 Å². The minimum absolute atomic E-state index is 1.11. The fourth-order valence-corrected chi connectivity index (χ4v) is 10.4. The molecule has 1 nitrogen and oxygen atoms in total. The first kappa shape index (κ1) is 34.5. The van der Waals surface area contributed by atoms with Gasteiger partial charge in [0.05, 0.1) is 0 Å². The van der Waals surface area contributed by atoms with E-state index in [1.54, 1.807) is 0 Å². The fraction of sp³-hybridized carbons (Fsp3) is 0. The second kappa shape index (κ2) is 14.1. The third-order valence-electron chi connectivity index (χ3n) is 12.2. The van der Waals surface area contributed by atoms with Gasteiger partial charge in [0.25, 0.3) is 0 Å². The molecular formula is C58H37NS. The molecule has 11 aromatic carbocycles. The van der Waals surface area contributed by atoms with Crippen molar-refractivity contribution in [3.63, 3.8) is 0 Å². The van der Waals surface area contributed by atoms with Gasteiger partial charge in [0, 0.05) is 37.2 Å². The van der Waals surface area contributed by atoms with Crippen LogP contribution in [0.15, 0.2) is 224 Å². The number of rotatable bonds is 6. The van der Waals surface area contributed by atoms with E-state index in [2.05, 4.69) is 229 Å². The van der Waals surface area contributed by atoms with Crippen molar-refractivity contribution in [2.75, 3.05) is 4.90 Å². The second-order valence-electron chi connectivity index (χ2n) is 15.7. The molecule has 1 aromatic heterocycles. The summed E-state index contributed by atoms with van der Waals surface area (Å²) in [6, 6.07) is 82.5. The standard InChI is InChI=1S/C58H37NS/c1-3-10-50-40(8-1)16-18-45-36-43(26-34-52(45)50)38-20-28-47(29-21-38)59(49-32-24-42(25-33-49)54-13-7-14-56-55-12-5-6-15-57(55)60-58(54)56)48-30-22-39(23-31-48)44-27-35-53-46(37-44)19-17-41-9-2-4-11-51(41)53/h1-37H.